The normalized spacial score (nSPS) is 12.2. The number of carbonyl (C=O) groups is 1. The van der Waals surface area contributed by atoms with Gasteiger partial charge in [0, 0.05) is 19.7 Å². The van der Waals surface area contributed by atoms with Gasteiger partial charge in [0.15, 0.2) is 5.82 Å². The van der Waals surface area contributed by atoms with Crippen LogP contribution in [0.15, 0.2) is 12.3 Å². The molecule has 0 aliphatic carbocycles. The Bertz CT molecular complexity index is 398. The molecule has 6 heteroatoms. The molecule has 0 aliphatic rings. The van der Waals surface area contributed by atoms with Gasteiger partial charge in [-0.1, -0.05) is 6.92 Å². The van der Waals surface area contributed by atoms with Gasteiger partial charge in [0.2, 0.25) is 0 Å². The van der Waals surface area contributed by atoms with E-state index in [2.05, 4.69) is 10.2 Å². The van der Waals surface area contributed by atoms with Crippen molar-refractivity contribution in [2.75, 3.05) is 25.2 Å². The molecule has 100 valence electrons. The highest BCUT2D eigenvalue weighted by Gasteiger charge is 2.21. The monoisotopic (exact) mass is 253 g/mol. The minimum absolute atomic E-state index is 0.168. The molecule has 0 spiro atoms. The van der Waals surface area contributed by atoms with Crippen molar-refractivity contribution in [3.8, 4) is 0 Å². The van der Waals surface area contributed by atoms with Crippen LogP contribution in [0, 0.1) is 0 Å². The van der Waals surface area contributed by atoms with Gasteiger partial charge in [0.1, 0.15) is 5.56 Å². The molecule has 1 aromatic rings. The van der Waals surface area contributed by atoms with Gasteiger partial charge in [0.25, 0.3) is 0 Å². The summed E-state index contributed by atoms with van der Waals surface area (Å²) < 4.78 is 5.05. The summed E-state index contributed by atoms with van der Waals surface area (Å²) in [6, 6.07) is 1.64. The van der Waals surface area contributed by atoms with Crippen LogP contribution in [0.4, 0.5) is 5.82 Å². The molecule has 0 aliphatic heterocycles. The van der Waals surface area contributed by atoms with Crippen molar-refractivity contribution in [1.82, 2.24) is 10.2 Å². The highest BCUT2D eigenvalue weighted by molar-refractivity contribution is 5.93. The summed E-state index contributed by atoms with van der Waals surface area (Å²) in [6.45, 7) is 5.17. The van der Waals surface area contributed by atoms with E-state index in [9.17, 15) is 4.79 Å². The number of aromatic nitrogens is 2. The highest BCUT2D eigenvalue weighted by atomic mass is 16.5. The first-order chi connectivity index (χ1) is 8.61. The first kappa shape index (κ1) is 14.4. The molecule has 1 atom stereocenters. The number of hydrogen-bond acceptors (Lipinski definition) is 5. The van der Waals surface area contributed by atoms with E-state index in [1.165, 1.54) is 12.3 Å². The van der Waals surface area contributed by atoms with Gasteiger partial charge < -0.3 is 14.7 Å². The van der Waals surface area contributed by atoms with Crippen molar-refractivity contribution in [1.29, 1.82) is 0 Å². The molecule has 1 rings (SSSR count). The molecule has 6 nitrogen and oxygen atoms in total. The Kier molecular flexibility index (Phi) is 5.51. The molecular formula is C12H19N3O3. The fourth-order valence-electron chi connectivity index (χ4n) is 1.65. The van der Waals surface area contributed by atoms with E-state index < -0.39 is 5.97 Å². The second kappa shape index (κ2) is 6.90. The van der Waals surface area contributed by atoms with Crippen molar-refractivity contribution in [2.45, 2.75) is 26.3 Å². The molecule has 0 saturated carbocycles. The Balaban J connectivity index is 3.07. The zero-order valence-electron chi connectivity index (χ0n) is 11.0. The molecule has 18 heavy (non-hydrogen) atoms. The first-order valence-corrected chi connectivity index (χ1v) is 5.92. The quantitative estimate of drug-likeness (QED) is 0.792. The zero-order valence-corrected chi connectivity index (χ0v) is 11.0. The molecule has 1 heterocycles. The fraction of sp³-hybridized carbons (Fsp3) is 0.583. The lowest BCUT2D eigenvalue weighted by molar-refractivity contribution is 0.0696. The van der Waals surface area contributed by atoms with Crippen molar-refractivity contribution < 1.29 is 14.6 Å². The number of aromatic carboxylic acids is 1. The standard InChI is InChI=1S/C12H19N3O3/c1-4-9(2)15(7-8-18-3)11-10(12(16)17)5-6-13-14-11/h5-6,9H,4,7-8H2,1-3H3,(H,16,17). The highest BCUT2D eigenvalue weighted by Crippen LogP contribution is 2.19. The van der Waals surface area contributed by atoms with Crippen LogP contribution in [-0.4, -0.2) is 47.6 Å². The lowest BCUT2D eigenvalue weighted by Crippen LogP contribution is -2.37. The van der Waals surface area contributed by atoms with Gasteiger partial charge in [-0.25, -0.2) is 4.79 Å². The molecule has 0 saturated heterocycles. The van der Waals surface area contributed by atoms with Gasteiger partial charge in [-0.05, 0) is 19.4 Å². The number of ether oxygens (including phenoxy) is 1. The van der Waals surface area contributed by atoms with E-state index >= 15 is 0 Å². The van der Waals surface area contributed by atoms with E-state index in [1.54, 1.807) is 7.11 Å². The molecule has 0 bridgehead atoms. The first-order valence-electron chi connectivity index (χ1n) is 5.92. The summed E-state index contributed by atoms with van der Waals surface area (Å²) in [6.07, 6.45) is 2.28. The van der Waals surface area contributed by atoms with E-state index in [0.717, 1.165) is 6.42 Å². The molecule has 1 aromatic heterocycles. The summed E-state index contributed by atoms with van der Waals surface area (Å²) in [5.41, 5.74) is 0.168. The third-order valence-corrected chi connectivity index (χ3v) is 2.86. The van der Waals surface area contributed by atoms with Gasteiger partial charge >= 0.3 is 5.97 Å². The number of nitrogens with zero attached hydrogens (tertiary/aromatic N) is 3. The molecule has 0 fully saturated rings. The number of carboxylic acid groups (broad SMARTS) is 1. The third-order valence-electron chi connectivity index (χ3n) is 2.86. The Labute approximate surface area is 107 Å². The Morgan fingerprint density at radius 3 is 2.89 bits per heavy atom. The lowest BCUT2D eigenvalue weighted by Gasteiger charge is -2.29. The summed E-state index contributed by atoms with van der Waals surface area (Å²) in [5.74, 6) is -0.595. The molecule has 0 aromatic carbocycles. The van der Waals surface area contributed by atoms with Crippen molar-refractivity contribution in [3.05, 3.63) is 17.8 Å². The van der Waals surface area contributed by atoms with Crippen LogP contribution >= 0.6 is 0 Å². The SMILES string of the molecule is CCC(C)N(CCOC)c1nnccc1C(=O)O. The summed E-state index contributed by atoms with van der Waals surface area (Å²) in [4.78, 5) is 13.1. The second-order valence-corrected chi connectivity index (χ2v) is 4.02. The number of anilines is 1. The predicted octanol–water partition coefficient (Wildman–Crippen LogP) is 1.43. The second-order valence-electron chi connectivity index (χ2n) is 4.02. The average Bonchev–Trinajstić information content (AvgIpc) is 2.39. The smallest absolute Gasteiger partial charge is 0.339 e. The average molecular weight is 253 g/mol. The lowest BCUT2D eigenvalue weighted by atomic mass is 10.2. The van der Waals surface area contributed by atoms with Gasteiger partial charge in [-0.15, -0.1) is 5.10 Å². The minimum atomic E-state index is -0.995. The van der Waals surface area contributed by atoms with Crippen molar-refractivity contribution in [3.63, 3.8) is 0 Å². The van der Waals surface area contributed by atoms with Crippen LogP contribution in [0.2, 0.25) is 0 Å². The van der Waals surface area contributed by atoms with Crippen molar-refractivity contribution in [2.24, 2.45) is 0 Å². The maximum absolute atomic E-state index is 11.2. The molecular weight excluding hydrogens is 234 g/mol. The maximum Gasteiger partial charge on any atom is 0.339 e. The summed E-state index contributed by atoms with van der Waals surface area (Å²) >= 11 is 0. The molecule has 0 amide bonds. The number of carboxylic acids is 1. The van der Waals surface area contributed by atoms with Crippen LogP contribution in [0.1, 0.15) is 30.6 Å². The number of hydrogen-bond donors (Lipinski definition) is 1. The van der Waals surface area contributed by atoms with Gasteiger partial charge in [0.05, 0.1) is 12.8 Å². The predicted molar refractivity (Wildman–Crippen MR) is 68.0 cm³/mol. The van der Waals surface area contributed by atoms with Gasteiger partial charge in [-0.2, -0.15) is 5.10 Å². The van der Waals surface area contributed by atoms with Crippen LogP contribution in [0.5, 0.6) is 0 Å². The number of rotatable bonds is 7. The summed E-state index contributed by atoms with van der Waals surface area (Å²) in [5, 5.41) is 16.9. The Morgan fingerprint density at radius 2 is 2.33 bits per heavy atom. The molecule has 1 N–H and O–H groups in total. The van der Waals surface area contributed by atoms with Crippen LogP contribution < -0.4 is 4.90 Å². The summed E-state index contributed by atoms with van der Waals surface area (Å²) in [7, 11) is 1.61. The minimum Gasteiger partial charge on any atom is -0.478 e. The molecule has 1 unspecified atom stereocenters. The van der Waals surface area contributed by atoms with E-state index in [-0.39, 0.29) is 11.6 Å². The largest absolute Gasteiger partial charge is 0.478 e. The van der Waals surface area contributed by atoms with E-state index in [4.69, 9.17) is 9.84 Å². The maximum atomic E-state index is 11.2. The Morgan fingerprint density at radius 1 is 1.61 bits per heavy atom. The van der Waals surface area contributed by atoms with Crippen LogP contribution in [0.25, 0.3) is 0 Å². The van der Waals surface area contributed by atoms with Crippen LogP contribution in [-0.2, 0) is 4.74 Å². The molecule has 0 radical (unpaired) electrons. The topological polar surface area (TPSA) is 75.5 Å². The van der Waals surface area contributed by atoms with Crippen molar-refractivity contribution >= 4 is 11.8 Å². The van der Waals surface area contributed by atoms with Crippen LogP contribution in [0.3, 0.4) is 0 Å². The van der Waals surface area contributed by atoms with E-state index in [0.29, 0.717) is 19.0 Å². The Hall–Kier alpha value is -1.69. The fourth-order valence-corrected chi connectivity index (χ4v) is 1.65. The van der Waals surface area contributed by atoms with E-state index in [1.807, 2.05) is 18.7 Å². The van der Waals surface area contributed by atoms with Gasteiger partial charge in [-0.3, -0.25) is 0 Å². The number of methoxy groups -OCH3 is 1. The third kappa shape index (κ3) is 3.40. The zero-order chi connectivity index (χ0) is 13.5.